The minimum atomic E-state index is -0.358. The number of rotatable bonds is 6. The number of hydrogen-bond donors (Lipinski definition) is 1. The molecule has 1 aromatic heterocycles. The maximum Gasteiger partial charge on any atom is 0.318 e. The van der Waals surface area contributed by atoms with Gasteiger partial charge in [0, 0.05) is 18.4 Å². The molecule has 1 aliphatic rings. The van der Waals surface area contributed by atoms with Gasteiger partial charge < -0.3 is 24.3 Å². The Labute approximate surface area is 187 Å². The fraction of sp³-hybridized carbons (Fsp3) is 0.280. The van der Waals surface area contributed by atoms with Crippen molar-refractivity contribution >= 4 is 12.0 Å². The summed E-state index contributed by atoms with van der Waals surface area (Å²) < 4.78 is 12.4. The summed E-state index contributed by atoms with van der Waals surface area (Å²) >= 11 is 0. The van der Waals surface area contributed by atoms with Crippen LogP contribution in [-0.2, 0) is 16.1 Å². The highest BCUT2D eigenvalue weighted by atomic mass is 16.5. The van der Waals surface area contributed by atoms with E-state index < -0.39 is 0 Å². The predicted octanol–water partition coefficient (Wildman–Crippen LogP) is 4.05. The molecule has 0 saturated heterocycles. The molecule has 7 nitrogen and oxygen atoms in total. The molecule has 1 atom stereocenters. The van der Waals surface area contributed by atoms with Gasteiger partial charge in [-0.25, -0.2) is 4.79 Å². The first kappa shape index (κ1) is 21.5. The lowest BCUT2D eigenvalue weighted by atomic mass is 10.0. The third-order valence-corrected chi connectivity index (χ3v) is 5.56. The Bertz CT molecular complexity index is 1090. The highest BCUT2D eigenvalue weighted by Crippen LogP contribution is 2.37. The summed E-state index contributed by atoms with van der Waals surface area (Å²) in [6.45, 7) is 3.18. The SMILES string of the molecule is CCOc1ccc([C@@H]2c3cccn3-c3ccccc3CN2C(=O)NCCC(=O)OC)cc1. The van der Waals surface area contributed by atoms with Crippen LogP contribution in [0.5, 0.6) is 5.75 Å². The molecule has 1 aliphatic heterocycles. The van der Waals surface area contributed by atoms with Crippen LogP contribution in [0.1, 0.15) is 36.2 Å². The zero-order valence-corrected chi connectivity index (χ0v) is 18.3. The molecule has 7 heteroatoms. The first-order valence-corrected chi connectivity index (χ1v) is 10.7. The monoisotopic (exact) mass is 433 g/mol. The number of amides is 2. The Morgan fingerprint density at radius 2 is 1.84 bits per heavy atom. The topological polar surface area (TPSA) is 72.8 Å². The second-order valence-corrected chi connectivity index (χ2v) is 7.52. The number of carbonyl (C=O) groups is 2. The Hall–Kier alpha value is -3.74. The molecule has 32 heavy (non-hydrogen) atoms. The minimum absolute atomic E-state index is 0.122. The van der Waals surface area contributed by atoms with Crippen LogP contribution in [0.25, 0.3) is 5.69 Å². The van der Waals surface area contributed by atoms with E-state index in [1.165, 1.54) is 7.11 Å². The van der Waals surface area contributed by atoms with Crippen LogP contribution in [0, 0.1) is 0 Å². The van der Waals surface area contributed by atoms with Gasteiger partial charge >= 0.3 is 12.0 Å². The van der Waals surface area contributed by atoms with E-state index in [0.29, 0.717) is 13.2 Å². The van der Waals surface area contributed by atoms with Gasteiger partial charge in [0.1, 0.15) is 5.75 Å². The van der Waals surface area contributed by atoms with Gasteiger partial charge in [0.25, 0.3) is 0 Å². The Kier molecular flexibility index (Phi) is 6.44. The Balaban J connectivity index is 1.72. The van der Waals surface area contributed by atoms with Crippen LogP contribution in [-0.4, -0.2) is 41.7 Å². The molecule has 0 bridgehead atoms. The van der Waals surface area contributed by atoms with E-state index in [1.54, 1.807) is 0 Å². The number of nitrogens with zero attached hydrogens (tertiary/aromatic N) is 2. The number of urea groups is 1. The zero-order valence-electron chi connectivity index (χ0n) is 18.3. The maximum absolute atomic E-state index is 13.3. The molecule has 1 N–H and O–H groups in total. The van der Waals surface area contributed by atoms with Crippen LogP contribution in [0.4, 0.5) is 4.79 Å². The lowest BCUT2D eigenvalue weighted by Gasteiger charge is -2.31. The molecule has 2 aromatic carbocycles. The number of benzene rings is 2. The van der Waals surface area contributed by atoms with Gasteiger partial charge in [-0.2, -0.15) is 0 Å². The van der Waals surface area contributed by atoms with Gasteiger partial charge in [-0.3, -0.25) is 4.79 Å². The van der Waals surface area contributed by atoms with Crippen molar-refractivity contribution in [2.45, 2.75) is 25.9 Å². The van der Waals surface area contributed by atoms with Gasteiger partial charge in [-0.1, -0.05) is 30.3 Å². The highest BCUT2D eigenvalue weighted by molar-refractivity contribution is 5.77. The number of ether oxygens (including phenoxy) is 2. The average molecular weight is 434 g/mol. The van der Waals surface area contributed by atoms with Crippen LogP contribution in [0.3, 0.4) is 0 Å². The molecule has 3 aromatic rings. The third kappa shape index (κ3) is 4.32. The smallest absolute Gasteiger partial charge is 0.318 e. The van der Waals surface area contributed by atoms with E-state index in [0.717, 1.165) is 28.3 Å². The first-order valence-electron chi connectivity index (χ1n) is 10.7. The maximum atomic E-state index is 13.3. The number of nitrogens with one attached hydrogen (secondary N) is 1. The van der Waals surface area contributed by atoms with Crippen molar-refractivity contribution in [3.8, 4) is 11.4 Å². The van der Waals surface area contributed by atoms with Crippen LogP contribution in [0.15, 0.2) is 66.9 Å². The summed E-state index contributed by atoms with van der Waals surface area (Å²) in [5.74, 6) is 0.432. The lowest BCUT2D eigenvalue weighted by Crippen LogP contribution is -2.42. The van der Waals surface area contributed by atoms with Crippen molar-refractivity contribution in [3.05, 3.63) is 83.7 Å². The van der Waals surface area contributed by atoms with Gasteiger partial charge in [0.15, 0.2) is 0 Å². The van der Waals surface area contributed by atoms with Gasteiger partial charge in [-0.05, 0) is 48.4 Å². The fourth-order valence-electron chi connectivity index (χ4n) is 4.08. The van der Waals surface area contributed by atoms with E-state index in [1.807, 2.05) is 72.6 Å². The summed E-state index contributed by atoms with van der Waals surface area (Å²) in [5.41, 5.74) is 4.06. The van der Waals surface area contributed by atoms with Gasteiger partial charge in [-0.15, -0.1) is 0 Å². The number of hydrogen-bond acceptors (Lipinski definition) is 4. The molecule has 2 heterocycles. The number of carbonyl (C=O) groups excluding carboxylic acids is 2. The molecule has 166 valence electrons. The molecule has 0 saturated carbocycles. The minimum Gasteiger partial charge on any atom is -0.494 e. The van der Waals surface area contributed by atoms with E-state index >= 15 is 0 Å². The second kappa shape index (κ2) is 9.60. The van der Waals surface area contributed by atoms with Crippen LogP contribution in [0.2, 0.25) is 0 Å². The van der Waals surface area contributed by atoms with Crippen molar-refractivity contribution < 1.29 is 19.1 Å². The quantitative estimate of drug-likeness (QED) is 0.595. The molecule has 0 aliphatic carbocycles. The van der Waals surface area contributed by atoms with Crippen LogP contribution < -0.4 is 10.1 Å². The standard InChI is InChI=1S/C25H27N3O4/c1-3-32-20-12-10-18(11-13-20)24-22-9-6-16-27(22)21-8-5-4-7-19(21)17-28(24)25(30)26-15-14-23(29)31-2/h4-13,16,24H,3,14-15,17H2,1-2H3,(H,26,30)/t24-/m1/s1. The number of para-hydroxylation sites is 1. The lowest BCUT2D eigenvalue weighted by molar-refractivity contribution is -0.140. The van der Waals surface area contributed by atoms with E-state index in [-0.39, 0.29) is 31.0 Å². The first-order chi connectivity index (χ1) is 15.6. The third-order valence-electron chi connectivity index (χ3n) is 5.56. The van der Waals surface area contributed by atoms with E-state index in [2.05, 4.69) is 20.7 Å². The molecule has 0 spiro atoms. The summed E-state index contributed by atoms with van der Waals surface area (Å²) in [6.07, 6.45) is 2.14. The number of methoxy groups -OCH3 is 1. The summed E-state index contributed by atoms with van der Waals surface area (Å²) in [7, 11) is 1.34. The molecule has 4 rings (SSSR count). The summed E-state index contributed by atoms with van der Waals surface area (Å²) in [4.78, 5) is 26.6. The number of esters is 1. The molecule has 0 unspecified atom stereocenters. The van der Waals surface area contributed by atoms with Gasteiger partial charge in [0.2, 0.25) is 0 Å². The largest absolute Gasteiger partial charge is 0.494 e. The molecule has 0 radical (unpaired) electrons. The van der Waals surface area contributed by atoms with Crippen molar-refractivity contribution in [2.24, 2.45) is 0 Å². The molecule has 0 fully saturated rings. The van der Waals surface area contributed by atoms with Crippen LogP contribution >= 0.6 is 0 Å². The molecular weight excluding hydrogens is 406 g/mol. The van der Waals surface area contributed by atoms with Crippen molar-refractivity contribution in [3.63, 3.8) is 0 Å². The Morgan fingerprint density at radius 1 is 1.06 bits per heavy atom. The fourth-order valence-corrected chi connectivity index (χ4v) is 4.08. The number of fused-ring (bicyclic) bond motifs is 3. The van der Waals surface area contributed by atoms with Gasteiger partial charge in [0.05, 0.1) is 38.4 Å². The van der Waals surface area contributed by atoms with E-state index in [9.17, 15) is 9.59 Å². The van der Waals surface area contributed by atoms with E-state index in [4.69, 9.17) is 4.74 Å². The molecular formula is C25H27N3O4. The predicted molar refractivity (Wildman–Crippen MR) is 121 cm³/mol. The van der Waals surface area contributed by atoms with Crippen molar-refractivity contribution in [1.82, 2.24) is 14.8 Å². The summed E-state index contributed by atoms with van der Waals surface area (Å²) in [5, 5.41) is 2.88. The molecule has 2 amide bonds. The normalized spacial score (nSPS) is 14.7. The van der Waals surface area contributed by atoms with Crippen molar-refractivity contribution in [1.29, 1.82) is 0 Å². The Morgan fingerprint density at radius 3 is 2.59 bits per heavy atom. The zero-order chi connectivity index (χ0) is 22.5. The summed E-state index contributed by atoms with van der Waals surface area (Å²) in [6, 6.07) is 19.4. The highest BCUT2D eigenvalue weighted by Gasteiger charge is 2.32. The number of aromatic nitrogens is 1. The van der Waals surface area contributed by atoms with Crippen molar-refractivity contribution in [2.75, 3.05) is 20.3 Å². The average Bonchev–Trinajstić information content (AvgIpc) is 3.24. The second-order valence-electron chi connectivity index (χ2n) is 7.52.